The lowest BCUT2D eigenvalue weighted by atomic mass is 10.1. The Balaban J connectivity index is 1.91. The van der Waals surface area contributed by atoms with E-state index < -0.39 is 0 Å². The first-order valence-electron chi connectivity index (χ1n) is 8.73. The maximum atomic E-state index is 6.15. The molecule has 140 valence electrons. The van der Waals surface area contributed by atoms with Gasteiger partial charge < -0.3 is 13.9 Å². The number of fused-ring (bicyclic) bond motifs is 1. The molecule has 4 rings (SSSR count). The standard InChI is InChI=1S/C23H18BrNO3/c1-26-18-8-3-15(4-9-18)23-14-21(20-13-16(24)5-12-22(20)28-23)25-17-6-10-19(27-2)11-7-17/h3-14H,1-2H3. The first-order valence-corrected chi connectivity index (χ1v) is 9.52. The minimum atomic E-state index is 0.740. The van der Waals surface area contributed by atoms with Crippen molar-refractivity contribution in [1.82, 2.24) is 0 Å². The van der Waals surface area contributed by atoms with E-state index in [4.69, 9.17) is 18.9 Å². The van der Waals surface area contributed by atoms with Gasteiger partial charge in [-0.25, -0.2) is 4.99 Å². The van der Waals surface area contributed by atoms with Crippen molar-refractivity contribution in [3.05, 3.63) is 82.6 Å². The second-order valence-corrected chi connectivity index (χ2v) is 7.09. The van der Waals surface area contributed by atoms with Crippen molar-refractivity contribution in [3.63, 3.8) is 0 Å². The monoisotopic (exact) mass is 435 g/mol. The highest BCUT2D eigenvalue weighted by atomic mass is 79.9. The summed E-state index contributed by atoms with van der Waals surface area (Å²) in [6, 6.07) is 23.3. The Morgan fingerprint density at radius 3 is 2.07 bits per heavy atom. The molecule has 4 nitrogen and oxygen atoms in total. The van der Waals surface area contributed by atoms with Crippen LogP contribution in [0.1, 0.15) is 0 Å². The normalized spacial score (nSPS) is 11.6. The van der Waals surface area contributed by atoms with E-state index in [9.17, 15) is 0 Å². The van der Waals surface area contributed by atoms with Gasteiger partial charge in [0.1, 0.15) is 22.8 Å². The molecule has 0 fully saturated rings. The minimum absolute atomic E-state index is 0.740. The summed E-state index contributed by atoms with van der Waals surface area (Å²) >= 11 is 3.54. The average Bonchev–Trinajstić information content (AvgIpc) is 2.74. The molecule has 0 amide bonds. The number of nitrogens with zero attached hydrogens (tertiary/aromatic N) is 1. The maximum Gasteiger partial charge on any atom is 0.136 e. The third kappa shape index (κ3) is 3.80. The highest BCUT2D eigenvalue weighted by Gasteiger charge is 2.07. The molecule has 0 aliphatic heterocycles. The van der Waals surface area contributed by atoms with Crippen molar-refractivity contribution in [3.8, 4) is 22.8 Å². The summed E-state index contributed by atoms with van der Waals surface area (Å²) in [6.07, 6.45) is 0. The van der Waals surface area contributed by atoms with Crippen molar-refractivity contribution >= 4 is 32.6 Å². The average molecular weight is 436 g/mol. The van der Waals surface area contributed by atoms with E-state index in [1.165, 1.54) is 0 Å². The van der Waals surface area contributed by atoms with Crippen molar-refractivity contribution in [2.45, 2.75) is 0 Å². The summed E-state index contributed by atoms with van der Waals surface area (Å²) in [7, 11) is 3.30. The molecule has 0 unspecified atom stereocenters. The fourth-order valence-corrected chi connectivity index (χ4v) is 3.29. The zero-order valence-electron chi connectivity index (χ0n) is 15.5. The maximum absolute atomic E-state index is 6.15. The minimum Gasteiger partial charge on any atom is -0.497 e. The van der Waals surface area contributed by atoms with E-state index in [1.54, 1.807) is 14.2 Å². The number of methoxy groups -OCH3 is 2. The molecule has 28 heavy (non-hydrogen) atoms. The van der Waals surface area contributed by atoms with Crippen LogP contribution in [0.3, 0.4) is 0 Å². The van der Waals surface area contributed by atoms with Crippen molar-refractivity contribution in [2.24, 2.45) is 4.99 Å². The van der Waals surface area contributed by atoms with Gasteiger partial charge in [0.25, 0.3) is 0 Å². The summed E-state index contributed by atoms with van der Waals surface area (Å²) in [6.45, 7) is 0. The molecule has 0 aliphatic carbocycles. The predicted molar refractivity (Wildman–Crippen MR) is 114 cm³/mol. The van der Waals surface area contributed by atoms with Crippen LogP contribution >= 0.6 is 15.9 Å². The van der Waals surface area contributed by atoms with E-state index in [0.717, 1.165) is 49.3 Å². The Morgan fingerprint density at radius 1 is 0.786 bits per heavy atom. The third-order valence-electron chi connectivity index (χ3n) is 4.40. The van der Waals surface area contributed by atoms with Gasteiger partial charge in [-0.2, -0.15) is 0 Å². The van der Waals surface area contributed by atoms with Crippen LogP contribution in [-0.2, 0) is 0 Å². The van der Waals surface area contributed by atoms with Crippen LogP contribution in [0, 0.1) is 0 Å². The molecular weight excluding hydrogens is 418 g/mol. The Kier molecular flexibility index (Phi) is 5.17. The number of halogens is 1. The summed E-state index contributed by atoms with van der Waals surface area (Å²) in [5.41, 5.74) is 2.56. The molecule has 0 saturated carbocycles. The number of ether oxygens (including phenoxy) is 2. The van der Waals surface area contributed by atoms with Crippen LogP contribution in [0.4, 0.5) is 5.69 Å². The molecule has 5 heteroatoms. The van der Waals surface area contributed by atoms with Crippen molar-refractivity contribution in [1.29, 1.82) is 0 Å². The van der Waals surface area contributed by atoms with Crippen LogP contribution in [0.2, 0.25) is 0 Å². The van der Waals surface area contributed by atoms with Gasteiger partial charge in [-0.1, -0.05) is 15.9 Å². The van der Waals surface area contributed by atoms with Gasteiger partial charge >= 0.3 is 0 Å². The smallest absolute Gasteiger partial charge is 0.136 e. The van der Waals surface area contributed by atoms with Crippen molar-refractivity contribution in [2.75, 3.05) is 14.2 Å². The molecule has 1 aromatic heterocycles. The van der Waals surface area contributed by atoms with Gasteiger partial charge in [-0.15, -0.1) is 0 Å². The number of hydrogen-bond donors (Lipinski definition) is 0. The topological polar surface area (TPSA) is 44.0 Å². The van der Waals surface area contributed by atoms with E-state index in [2.05, 4.69) is 15.9 Å². The Hall–Kier alpha value is -3.05. The molecule has 0 saturated heterocycles. The van der Waals surface area contributed by atoms with Crippen LogP contribution in [-0.4, -0.2) is 14.2 Å². The number of hydrogen-bond acceptors (Lipinski definition) is 4. The molecule has 4 aromatic rings. The lowest BCUT2D eigenvalue weighted by molar-refractivity contribution is 0.414. The molecule has 0 bridgehead atoms. The van der Waals surface area contributed by atoms with Gasteiger partial charge in [-0.3, -0.25) is 0 Å². The first kappa shape index (κ1) is 18.3. The highest BCUT2D eigenvalue weighted by molar-refractivity contribution is 9.10. The fourth-order valence-electron chi connectivity index (χ4n) is 2.93. The Labute approximate surface area is 171 Å². The highest BCUT2D eigenvalue weighted by Crippen LogP contribution is 2.26. The molecule has 0 aliphatic rings. The number of benzene rings is 3. The third-order valence-corrected chi connectivity index (χ3v) is 4.90. The van der Waals surface area contributed by atoms with Crippen LogP contribution in [0.5, 0.6) is 11.5 Å². The molecule has 0 N–H and O–H groups in total. The van der Waals surface area contributed by atoms with E-state index in [1.807, 2.05) is 72.8 Å². The summed E-state index contributed by atoms with van der Waals surface area (Å²) in [5, 5.41) is 1.76. The quantitative estimate of drug-likeness (QED) is 0.388. The molecule has 0 radical (unpaired) electrons. The lowest BCUT2D eigenvalue weighted by Gasteiger charge is -2.07. The molecule has 1 heterocycles. The summed E-state index contributed by atoms with van der Waals surface area (Å²) in [4.78, 5) is 4.84. The van der Waals surface area contributed by atoms with E-state index >= 15 is 0 Å². The lowest BCUT2D eigenvalue weighted by Crippen LogP contribution is -2.03. The van der Waals surface area contributed by atoms with Gasteiger partial charge in [0.05, 0.1) is 25.3 Å². The summed E-state index contributed by atoms with van der Waals surface area (Å²) in [5.74, 6) is 2.34. The molecule has 3 aromatic carbocycles. The molecule has 0 spiro atoms. The SMILES string of the molecule is COc1ccc(N=c2cc(-c3ccc(OC)cc3)oc3ccc(Br)cc23)cc1. The van der Waals surface area contributed by atoms with Crippen LogP contribution < -0.4 is 14.8 Å². The van der Waals surface area contributed by atoms with E-state index in [0.29, 0.717) is 0 Å². The van der Waals surface area contributed by atoms with Gasteiger partial charge in [0.2, 0.25) is 0 Å². The van der Waals surface area contributed by atoms with Gasteiger partial charge in [-0.05, 0) is 66.7 Å². The van der Waals surface area contributed by atoms with Crippen LogP contribution in [0.15, 0.2) is 86.7 Å². The predicted octanol–water partition coefficient (Wildman–Crippen LogP) is 6.11. The largest absolute Gasteiger partial charge is 0.497 e. The zero-order valence-corrected chi connectivity index (χ0v) is 17.1. The summed E-state index contributed by atoms with van der Waals surface area (Å²) < 4.78 is 17.6. The zero-order chi connectivity index (χ0) is 19.5. The first-order chi connectivity index (χ1) is 13.7. The van der Waals surface area contributed by atoms with E-state index in [-0.39, 0.29) is 0 Å². The Morgan fingerprint density at radius 2 is 1.43 bits per heavy atom. The molecular formula is C23H18BrNO3. The fraction of sp³-hybridized carbons (Fsp3) is 0.0870. The van der Waals surface area contributed by atoms with Crippen molar-refractivity contribution < 1.29 is 13.9 Å². The van der Waals surface area contributed by atoms with Gasteiger partial charge in [0, 0.05) is 21.5 Å². The van der Waals surface area contributed by atoms with Gasteiger partial charge in [0.15, 0.2) is 0 Å². The number of rotatable bonds is 4. The Bertz CT molecular complexity index is 1180. The second-order valence-electron chi connectivity index (χ2n) is 6.17. The van der Waals surface area contributed by atoms with Crippen LogP contribution in [0.25, 0.3) is 22.3 Å². The second kappa shape index (κ2) is 7.90. The molecule has 0 atom stereocenters.